The van der Waals surface area contributed by atoms with Gasteiger partial charge in [0, 0.05) is 37.7 Å². The molecule has 1 aliphatic heterocycles. The molecule has 0 bridgehead atoms. The topological polar surface area (TPSA) is 59.1 Å². The van der Waals surface area contributed by atoms with E-state index >= 15 is 0 Å². The molecule has 0 spiro atoms. The maximum Gasteiger partial charge on any atom is 0.243 e. The number of hydrogen-bond donors (Lipinski definition) is 0. The summed E-state index contributed by atoms with van der Waals surface area (Å²) in [6.45, 7) is 1.70. The molecule has 152 valence electrons. The first-order valence-electron chi connectivity index (χ1n) is 9.16. The summed E-state index contributed by atoms with van der Waals surface area (Å²) in [6, 6.07) is 10.8. The molecule has 2 aromatic rings. The van der Waals surface area contributed by atoms with Gasteiger partial charge in [-0.25, -0.2) is 12.8 Å². The predicted octanol–water partition coefficient (Wildman–Crippen LogP) is 2.74. The third kappa shape index (κ3) is 4.81. The number of rotatable bonds is 7. The van der Waals surface area contributed by atoms with Crippen LogP contribution in [0.4, 0.5) is 4.39 Å². The summed E-state index contributed by atoms with van der Waals surface area (Å²) in [4.78, 5) is 1.99. The summed E-state index contributed by atoms with van der Waals surface area (Å²) >= 11 is 0. The molecule has 0 saturated heterocycles. The van der Waals surface area contributed by atoms with Crippen molar-refractivity contribution in [2.45, 2.75) is 17.9 Å². The summed E-state index contributed by atoms with van der Waals surface area (Å²) in [6.07, 6.45) is 0.735. The first-order valence-corrected chi connectivity index (χ1v) is 10.6. The van der Waals surface area contributed by atoms with Gasteiger partial charge in [0.1, 0.15) is 5.82 Å². The van der Waals surface area contributed by atoms with Gasteiger partial charge in [-0.2, -0.15) is 4.31 Å². The van der Waals surface area contributed by atoms with Crippen LogP contribution in [-0.2, 0) is 16.6 Å². The number of nitrogens with zero attached hydrogens (tertiary/aromatic N) is 2. The lowest BCUT2D eigenvalue weighted by Crippen LogP contribution is -2.36. The van der Waals surface area contributed by atoms with Gasteiger partial charge in [-0.1, -0.05) is 18.2 Å². The van der Waals surface area contributed by atoms with Crippen molar-refractivity contribution in [3.05, 3.63) is 53.8 Å². The smallest absolute Gasteiger partial charge is 0.243 e. The summed E-state index contributed by atoms with van der Waals surface area (Å²) in [5, 5.41) is 0. The largest absolute Gasteiger partial charge is 0.490 e. The highest BCUT2D eigenvalue weighted by Gasteiger charge is 2.27. The standard InChI is InChI=1S/C20H25FN2O4S/c1-22(2)10-11-23(15-16-6-3-4-7-18(16)21)28(24,25)17-8-9-19-20(14-17)27-13-5-12-26-19/h3-4,6-9,14H,5,10-13,15H2,1-2H3. The van der Waals surface area contributed by atoms with E-state index in [9.17, 15) is 12.8 Å². The highest BCUT2D eigenvalue weighted by atomic mass is 32.2. The van der Waals surface area contributed by atoms with Crippen LogP contribution >= 0.6 is 0 Å². The van der Waals surface area contributed by atoms with Crippen LogP contribution in [0.2, 0.25) is 0 Å². The van der Waals surface area contributed by atoms with Crippen molar-refractivity contribution in [1.82, 2.24) is 9.21 Å². The highest BCUT2D eigenvalue weighted by molar-refractivity contribution is 7.89. The van der Waals surface area contributed by atoms with Crippen LogP contribution in [0.3, 0.4) is 0 Å². The normalized spacial score (nSPS) is 14.3. The second-order valence-corrected chi connectivity index (χ2v) is 8.83. The molecule has 0 N–H and O–H groups in total. The Bertz CT molecular complexity index is 918. The van der Waals surface area contributed by atoms with Gasteiger partial charge in [-0.05, 0) is 32.3 Å². The zero-order chi connectivity index (χ0) is 20.1. The Morgan fingerprint density at radius 1 is 1.00 bits per heavy atom. The Balaban J connectivity index is 1.93. The Morgan fingerprint density at radius 3 is 2.43 bits per heavy atom. The van der Waals surface area contributed by atoms with Crippen molar-refractivity contribution in [3.8, 4) is 11.5 Å². The van der Waals surface area contributed by atoms with E-state index in [1.807, 2.05) is 19.0 Å². The number of ether oxygens (including phenoxy) is 2. The Hall–Kier alpha value is -2.16. The zero-order valence-corrected chi connectivity index (χ0v) is 16.9. The van der Waals surface area contributed by atoms with Gasteiger partial charge in [0.25, 0.3) is 0 Å². The number of likely N-dealkylation sites (N-methyl/N-ethyl adjacent to an activating group) is 1. The van der Waals surface area contributed by atoms with Gasteiger partial charge < -0.3 is 14.4 Å². The molecule has 0 amide bonds. The number of fused-ring (bicyclic) bond motifs is 1. The van der Waals surface area contributed by atoms with Crippen LogP contribution in [0.25, 0.3) is 0 Å². The fourth-order valence-corrected chi connectivity index (χ4v) is 4.29. The van der Waals surface area contributed by atoms with Gasteiger partial charge in [0.2, 0.25) is 10.0 Å². The molecule has 0 saturated carbocycles. The molecule has 0 radical (unpaired) electrons. The second-order valence-electron chi connectivity index (χ2n) is 6.89. The number of sulfonamides is 1. The number of hydrogen-bond acceptors (Lipinski definition) is 5. The fourth-order valence-electron chi connectivity index (χ4n) is 2.87. The molecule has 1 aliphatic rings. The van der Waals surface area contributed by atoms with E-state index in [4.69, 9.17) is 9.47 Å². The molecule has 0 aliphatic carbocycles. The minimum atomic E-state index is -3.85. The quantitative estimate of drug-likeness (QED) is 0.705. The maximum absolute atomic E-state index is 14.1. The lowest BCUT2D eigenvalue weighted by Gasteiger charge is -2.24. The minimum Gasteiger partial charge on any atom is -0.490 e. The highest BCUT2D eigenvalue weighted by Crippen LogP contribution is 2.33. The molecule has 0 aromatic heterocycles. The SMILES string of the molecule is CN(C)CCN(Cc1ccccc1F)S(=O)(=O)c1ccc2c(c1)OCCCO2. The molecule has 0 unspecified atom stereocenters. The number of halogens is 1. The van der Waals surface area contributed by atoms with Crippen molar-refractivity contribution in [2.24, 2.45) is 0 Å². The molecule has 0 atom stereocenters. The fraction of sp³-hybridized carbons (Fsp3) is 0.400. The van der Waals surface area contributed by atoms with Crippen LogP contribution in [-0.4, -0.2) is 58.0 Å². The zero-order valence-electron chi connectivity index (χ0n) is 16.1. The van der Waals surface area contributed by atoms with E-state index in [1.165, 1.54) is 22.5 Å². The molecule has 6 nitrogen and oxygen atoms in total. The molecular weight excluding hydrogens is 383 g/mol. The van der Waals surface area contributed by atoms with Crippen molar-refractivity contribution in [3.63, 3.8) is 0 Å². The molecular formula is C20H25FN2O4S. The molecule has 2 aromatic carbocycles. The van der Waals surface area contributed by atoms with Crippen LogP contribution in [0.1, 0.15) is 12.0 Å². The van der Waals surface area contributed by atoms with E-state index in [0.717, 1.165) is 6.42 Å². The summed E-state index contributed by atoms with van der Waals surface area (Å²) in [7, 11) is -0.127. The van der Waals surface area contributed by atoms with Crippen molar-refractivity contribution in [2.75, 3.05) is 40.4 Å². The summed E-state index contributed by atoms with van der Waals surface area (Å²) in [5.41, 5.74) is 0.333. The molecule has 1 heterocycles. The first kappa shape index (κ1) is 20.6. The van der Waals surface area contributed by atoms with E-state index in [0.29, 0.717) is 36.8 Å². The minimum absolute atomic E-state index is 0.0444. The maximum atomic E-state index is 14.1. The Labute approximate surface area is 165 Å². The average molecular weight is 408 g/mol. The summed E-state index contributed by atoms with van der Waals surface area (Å²) < 4.78 is 53.3. The lowest BCUT2D eigenvalue weighted by molar-refractivity contribution is 0.296. The van der Waals surface area contributed by atoms with Gasteiger partial charge in [-0.15, -0.1) is 0 Å². The van der Waals surface area contributed by atoms with Gasteiger partial charge in [-0.3, -0.25) is 0 Å². The Kier molecular flexibility index (Phi) is 6.53. The third-order valence-corrected chi connectivity index (χ3v) is 6.30. The predicted molar refractivity (Wildman–Crippen MR) is 105 cm³/mol. The van der Waals surface area contributed by atoms with E-state index < -0.39 is 15.8 Å². The van der Waals surface area contributed by atoms with Crippen molar-refractivity contribution >= 4 is 10.0 Å². The van der Waals surface area contributed by atoms with Crippen molar-refractivity contribution < 1.29 is 22.3 Å². The van der Waals surface area contributed by atoms with Crippen LogP contribution in [0.15, 0.2) is 47.4 Å². The first-order chi connectivity index (χ1) is 13.4. The third-order valence-electron chi connectivity index (χ3n) is 4.46. The van der Waals surface area contributed by atoms with E-state index in [-0.39, 0.29) is 18.0 Å². The summed E-state index contributed by atoms with van der Waals surface area (Å²) in [5.74, 6) is 0.522. The lowest BCUT2D eigenvalue weighted by atomic mass is 10.2. The van der Waals surface area contributed by atoms with Gasteiger partial charge in [0.05, 0.1) is 18.1 Å². The molecule has 3 rings (SSSR count). The van der Waals surface area contributed by atoms with Crippen LogP contribution in [0.5, 0.6) is 11.5 Å². The molecule has 0 fully saturated rings. The van der Waals surface area contributed by atoms with E-state index in [2.05, 4.69) is 0 Å². The van der Waals surface area contributed by atoms with Crippen LogP contribution in [0, 0.1) is 5.82 Å². The number of benzene rings is 2. The van der Waals surface area contributed by atoms with Gasteiger partial charge in [0.15, 0.2) is 11.5 Å². The second kappa shape index (κ2) is 8.89. The average Bonchev–Trinajstić information content (AvgIpc) is 2.91. The van der Waals surface area contributed by atoms with Crippen molar-refractivity contribution in [1.29, 1.82) is 0 Å². The van der Waals surface area contributed by atoms with Gasteiger partial charge >= 0.3 is 0 Å². The molecule has 28 heavy (non-hydrogen) atoms. The monoisotopic (exact) mass is 408 g/mol. The van der Waals surface area contributed by atoms with E-state index in [1.54, 1.807) is 24.3 Å². The molecule has 8 heteroatoms. The Morgan fingerprint density at radius 2 is 1.71 bits per heavy atom. The van der Waals surface area contributed by atoms with Crippen LogP contribution < -0.4 is 9.47 Å².